The average molecular weight is 288 g/mol. The molecular weight excluding hydrogens is 276 g/mol. The molecule has 1 fully saturated rings. The van der Waals surface area contributed by atoms with Crippen molar-refractivity contribution in [1.82, 2.24) is 4.90 Å². The van der Waals surface area contributed by atoms with E-state index in [1.54, 1.807) is 0 Å². The highest BCUT2D eigenvalue weighted by molar-refractivity contribution is 8.13. The Bertz CT molecular complexity index is 463. The van der Waals surface area contributed by atoms with Gasteiger partial charge in [0, 0.05) is 18.4 Å². The molecular formula is C10H12N2O4S2. The minimum absolute atomic E-state index is 0.000741. The highest BCUT2D eigenvalue weighted by Gasteiger charge is 2.51. The summed E-state index contributed by atoms with van der Waals surface area (Å²) in [5, 5.41) is 8.84. The molecule has 2 aliphatic rings. The van der Waals surface area contributed by atoms with Crippen LogP contribution < -0.4 is 5.73 Å². The Hall–Kier alpha value is -0.990. The molecule has 6 nitrogen and oxygen atoms in total. The van der Waals surface area contributed by atoms with Crippen molar-refractivity contribution in [2.75, 3.05) is 11.5 Å². The number of hydrogen-bond acceptors (Lipinski definition) is 6. The number of nitrogens with zero attached hydrogens (tertiary/aromatic N) is 1. The molecule has 0 radical (unpaired) electrons. The third-order valence-corrected chi connectivity index (χ3v) is 5.00. The predicted octanol–water partition coefficient (Wildman–Crippen LogP) is -0.153. The van der Waals surface area contributed by atoms with Crippen molar-refractivity contribution >= 4 is 40.5 Å². The smallest absolute Gasteiger partial charge is 0.352 e. The number of carbonyl (C=O) groups is 3. The summed E-state index contributed by atoms with van der Waals surface area (Å²) in [6.45, 7) is 1.43. The zero-order valence-corrected chi connectivity index (χ0v) is 11.2. The minimum Gasteiger partial charge on any atom is -0.477 e. The Morgan fingerprint density at radius 3 is 2.83 bits per heavy atom. The Morgan fingerprint density at radius 1 is 1.61 bits per heavy atom. The van der Waals surface area contributed by atoms with Crippen LogP contribution >= 0.6 is 23.5 Å². The van der Waals surface area contributed by atoms with Gasteiger partial charge in [0.15, 0.2) is 5.12 Å². The fourth-order valence-corrected chi connectivity index (χ4v) is 3.92. The number of thioether (sulfide) groups is 2. The third-order valence-electron chi connectivity index (χ3n) is 2.74. The van der Waals surface area contributed by atoms with Gasteiger partial charge in [-0.2, -0.15) is 0 Å². The lowest BCUT2D eigenvalue weighted by Gasteiger charge is -2.48. The van der Waals surface area contributed by atoms with E-state index in [2.05, 4.69) is 0 Å². The monoisotopic (exact) mass is 288 g/mol. The van der Waals surface area contributed by atoms with Crippen LogP contribution in [0.25, 0.3) is 0 Å². The van der Waals surface area contributed by atoms with Gasteiger partial charge in [-0.1, -0.05) is 11.8 Å². The van der Waals surface area contributed by atoms with Crippen LogP contribution in [0, 0.1) is 0 Å². The fraction of sp³-hybridized carbons (Fsp3) is 0.500. The highest BCUT2D eigenvalue weighted by atomic mass is 32.2. The summed E-state index contributed by atoms with van der Waals surface area (Å²) >= 11 is 2.49. The summed E-state index contributed by atoms with van der Waals surface area (Å²) in [6, 6.07) is -0.619. The summed E-state index contributed by atoms with van der Waals surface area (Å²) in [7, 11) is 0. The summed E-state index contributed by atoms with van der Waals surface area (Å²) in [6.07, 6.45) is 0. The minimum atomic E-state index is -1.14. The van der Waals surface area contributed by atoms with Crippen LogP contribution in [0.4, 0.5) is 0 Å². The second kappa shape index (κ2) is 4.94. The molecule has 1 saturated heterocycles. The van der Waals surface area contributed by atoms with Gasteiger partial charge in [0.2, 0.25) is 5.91 Å². The molecule has 0 saturated carbocycles. The van der Waals surface area contributed by atoms with E-state index in [9.17, 15) is 19.5 Å². The molecule has 0 aromatic carbocycles. The van der Waals surface area contributed by atoms with Crippen LogP contribution in [0.1, 0.15) is 6.92 Å². The van der Waals surface area contributed by atoms with Gasteiger partial charge in [0.1, 0.15) is 17.1 Å². The molecule has 3 N–H and O–H groups in total. The normalized spacial score (nSPS) is 26.8. The molecule has 2 atom stereocenters. The van der Waals surface area contributed by atoms with Crippen molar-refractivity contribution in [3.8, 4) is 0 Å². The van der Waals surface area contributed by atoms with E-state index in [4.69, 9.17) is 5.73 Å². The number of aliphatic carboxylic acids is 1. The molecule has 2 aliphatic heterocycles. The van der Waals surface area contributed by atoms with Crippen molar-refractivity contribution in [1.29, 1.82) is 0 Å². The molecule has 0 bridgehead atoms. The van der Waals surface area contributed by atoms with Gasteiger partial charge >= 0.3 is 5.97 Å². The Balaban J connectivity index is 2.26. The number of carbonyl (C=O) groups excluding carboxylic acids is 2. The summed E-state index contributed by atoms with van der Waals surface area (Å²) in [5.74, 6) is -0.714. The van der Waals surface area contributed by atoms with Crippen molar-refractivity contribution < 1.29 is 19.5 Å². The summed E-state index contributed by atoms with van der Waals surface area (Å²) in [5.41, 5.74) is 6.22. The van der Waals surface area contributed by atoms with E-state index in [-0.39, 0.29) is 22.1 Å². The summed E-state index contributed by atoms with van der Waals surface area (Å²) < 4.78 is 0. The maximum absolute atomic E-state index is 11.6. The number of fused-ring (bicyclic) bond motifs is 1. The van der Waals surface area contributed by atoms with Gasteiger partial charge in [-0.25, -0.2) is 4.79 Å². The molecule has 0 aliphatic carbocycles. The van der Waals surface area contributed by atoms with E-state index < -0.39 is 12.0 Å². The standard InChI is InChI=1S/C10H12N2O4S2/c1-4(13)17-2-5-3-18-9-6(11)8(14)12(9)7(5)10(15)16/h6,9H,2-3,11H2,1H3,(H,15,16)/t6?,9-/m0/s1. The summed E-state index contributed by atoms with van der Waals surface area (Å²) in [4.78, 5) is 35.0. The first-order valence-electron chi connectivity index (χ1n) is 5.22. The zero-order valence-electron chi connectivity index (χ0n) is 9.58. The number of carboxylic acids is 1. The molecule has 1 amide bonds. The Morgan fingerprint density at radius 2 is 2.28 bits per heavy atom. The Labute approximate surface area is 112 Å². The number of carboxylic acid groups (broad SMARTS) is 1. The highest BCUT2D eigenvalue weighted by Crippen LogP contribution is 2.40. The van der Waals surface area contributed by atoms with Crippen molar-refractivity contribution in [2.24, 2.45) is 5.73 Å². The molecule has 2 heterocycles. The molecule has 1 unspecified atom stereocenters. The first-order chi connectivity index (χ1) is 8.43. The zero-order chi connectivity index (χ0) is 13.4. The van der Waals surface area contributed by atoms with Crippen LogP contribution in [0.15, 0.2) is 11.3 Å². The van der Waals surface area contributed by atoms with Gasteiger partial charge in [0.05, 0.1) is 0 Å². The van der Waals surface area contributed by atoms with Crippen LogP contribution in [0.5, 0.6) is 0 Å². The first-order valence-corrected chi connectivity index (χ1v) is 7.26. The average Bonchev–Trinajstić information content (AvgIpc) is 2.33. The lowest BCUT2D eigenvalue weighted by atomic mass is 10.0. The third kappa shape index (κ3) is 2.15. The van der Waals surface area contributed by atoms with Crippen molar-refractivity contribution in [3.63, 3.8) is 0 Å². The molecule has 0 aromatic rings. The maximum Gasteiger partial charge on any atom is 0.352 e. The molecule has 18 heavy (non-hydrogen) atoms. The number of β-lactam (4-membered cyclic amide) rings is 1. The van der Waals surface area contributed by atoms with Crippen molar-refractivity contribution in [3.05, 3.63) is 11.3 Å². The number of nitrogens with two attached hydrogens (primary N) is 1. The van der Waals surface area contributed by atoms with Crippen LogP contribution in [-0.2, 0) is 14.4 Å². The van der Waals surface area contributed by atoms with Crippen LogP contribution in [0.3, 0.4) is 0 Å². The van der Waals surface area contributed by atoms with Gasteiger partial charge < -0.3 is 10.8 Å². The first kappa shape index (κ1) is 13.4. The maximum atomic E-state index is 11.6. The molecule has 2 rings (SSSR count). The van der Waals surface area contributed by atoms with E-state index >= 15 is 0 Å². The number of amides is 1. The largest absolute Gasteiger partial charge is 0.477 e. The van der Waals surface area contributed by atoms with E-state index in [1.807, 2.05) is 0 Å². The second-order valence-electron chi connectivity index (χ2n) is 3.97. The fourth-order valence-electron chi connectivity index (χ4n) is 1.88. The lowest BCUT2D eigenvalue weighted by Crippen LogP contribution is -2.68. The number of rotatable bonds is 3. The predicted molar refractivity (Wildman–Crippen MR) is 68.9 cm³/mol. The van der Waals surface area contributed by atoms with Crippen molar-refractivity contribution in [2.45, 2.75) is 18.3 Å². The van der Waals surface area contributed by atoms with Gasteiger partial charge in [-0.05, 0) is 5.57 Å². The van der Waals surface area contributed by atoms with E-state index in [0.29, 0.717) is 17.1 Å². The Kier molecular flexibility index (Phi) is 3.69. The van der Waals surface area contributed by atoms with Crippen LogP contribution in [0.2, 0.25) is 0 Å². The van der Waals surface area contributed by atoms with Gasteiger partial charge in [-0.15, -0.1) is 11.8 Å². The molecule has 0 aromatic heterocycles. The van der Waals surface area contributed by atoms with Crippen LogP contribution in [-0.4, -0.2) is 49.9 Å². The molecule has 8 heteroatoms. The SMILES string of the molecule is CC(=O)SCC1=C(C(=O)O)N2C(=O)C(N)[C@@H]2SC1. The second-order valence-corrected chi connectivity index (χ2v) is 6.23. The van der Waals surface area contributed by atoms with Gasteiger partial charge in [0.25, 0.3) is 0 Å². The lowest BCUT2D eigenvalue weighted by molar-refractivity contribution is -0.147. The molecule has 0 spiro atoms. The van der Waals surface area contributed by atoms with E-state index in [0.717, 1.165) is 11.8 Å². The topological polar surface area (TPSA) is 101 Å². The van der Waals surface area contributed by atoms with E-state index in [1.165, 1.54) is 23.6 Å². The molecule has 98 valence electrons. The number of hydrogen-bond donors (Lipinski definition) is 2. The van der Waals surface area contributed by atoms with Gasteiger partial charge in [-0.3, -0.25) is 14.5 Å². The quantitative estimate of drug-likeness (QED) is 0.696.